The van der Waals surface area contributed by atoms with Gasteiger partial charge in [-0.1, -0.05) is 18.2 Å². The Morgan fingerprint density at radius 3 is 2.72 bits per heavy atom. The maximum atomic E-state index is 12.0. The second-order valence-corrected chi connectivity index (χ2v) is 4.75. The molecule has 1 heterocycles. The van der Waals surface area contributed by atoms with Gasteiger partial charge in [-0.05, 0) is 33.0 Å². The number of amides is 1. The van der Waals surface area contributed by atoms with Crippen molar-refractivity contribution in [3.63, 3.8) is 0 Å². The van der Waals surface area contributed by atoms with E-state index in [0.29, 0.717) is 5.69 Å². The maximum Gasteiger partial charge on any atom is 0.244 e. The third kappa shape index (κ3) is 2.49. The smallest absolute Gasteiger partial charge is 0.244 e. The molecule has 18 heavy (non-hydrogen) atoms. The molecule has 0 saturated heterocycles. The highest BCUT2D eigenvalue weighted by atomic mass is 16.2. The van der Waals surface area contributed by atoms with Gasteiger partial charge in [-0.2, -0.15) is 0 Å². The largest absolute Gasteiger partial charge is 0.323 e. The topological polar surface area (TPSA) is 54.0 Å². The van der Waals surface area contributed by atoms with Crippen LogP contribution in [0.2, 0.25) is 0 Å². The first-order valence-corrected chi connectivity index (χ1v) is 5.88. The zero-order chi connectivity index (χ0) is 13.2. The fourth-order valence-electron chi connectivity index (χ4n) is 1.54. The molecule has 4 nitrogen and oxygen atoms in total. The minimum absolute atomic E-state index is 0.0814. The molecule has 0 bridgehead atoms. The molecule has 0 aliphatic heterocycles. The van der Waals surface area contributed by atoms with Gasteiger partial charge >= 0.3 is 0 Å². The van der Waals surface area contributed by atoms with Crippen molar-refractivity contribution in [3.8, 4) is 0 Å². The van der Waals surface area contributed by atoms with Gasteiger partial charge in [-0.15, -0.1) is 0 Å². The molecule has 2 N–H and O–H groups in total. The van der Waals surface area contributed by atoms with Crippen molar-refractivity contribution in [3.05, 3.63) is 36.5 Å². The van der Waals surface area contributed by atoms with E-state index in [0.717, 1.165) is 10.9 Å². The van der Waals surface area contributed by atoms with Crippen LogP contribution in [0.1, 0.15) is 13.8 Å². The lowest BCUT2D eigenvalue weighted by Crippen LogP contribution is -2.47. The van der Waals surface area contributed by atoms with Crippen molar-refractivity contribution in [2.75, 3.05) is 12.4 Å². The molecule has 0 aliphatic rings. The van der Waals surface area contributed by atoms with Gasteiger partial charge < -0.3 is 10.6 Å². The zero-order valence-corrected chi connectivity index (χ0v) is 10.8. The van der Waals surface area contributed by atoms with Crippen LogP contribution in [0.3, 0.4) is 0 Å². The first-order chi connectivity index (χ1) is 8.53. The van der Waals surface area contributed by atoms with Crippen molar-refractivity contribution in [2.24, 2.45) is 0 Å². The molecule has 2 rings (SSSR count). The quantitative estimate of drug-likeness (QED) is 0.868. The average molecular weight is 243 g/mol. The second kappa shape index (κ2) is 4.74. The van der Waals surface area contributed by atoms with Crippen molar-refractivity contribution < 1.29 is 4.79 Å². The van der Waals surface area contributed by atoms with Crippen molar-refractivity contribution >= 4 is 22.5 Å². The van der Waals surface area contributed by atoms with Crippen LogP contribution in [0, 0.1) is 0 Å². The predicted octanol–water partition coefficient (Wildman–Crippen LogP) is 2.17. The molecule has 0 radical (unpaired) electrons. The fraction of sp³-hybridized carbons (Fsp3) is 0.286. The van der Waals surface area contributed by atoms with Crippen LogP contribution in [0.5, 0.6) is 0 Å². The Hall–Kier alpha value is -1.94. The standard InChI is InChI=1S/C14H17N3O/c1-14(2,15-3)13(18)17-11-8-10-6-4-5-7-12(10)16-9-11/h4-9,15H,1-3H3,(H,17,18). The number of nitrogens with one attached hydrogen (secondary N) is 2. The first kappa shape index (κ1) is 12.5. The number of anilines is 1. The molecule has 0 aliphatic carbocycles. The van der Waals surface area contributed by atoms with Crippen LogP contribution in [-0.4, -0.2) is 23.5 Å². The molecule has 0 fully saturated rings. The van der Waals surface area contributed by atoms with E-state index in [2.05, 4.69) is 15.6 Å². The van der Waals surface area contributed by atoms with Crippen LogP contribution in [-0.2, 0) is 4.79 Å². The summed E-state index contributed by atoms with van der Waals surface area (Å²) in [6, 6.07) is 9.73. The summed E-state index contributed by atoms with van der Waals surface area (Å²) < 4.78 is 0. The maximum absolute atomic E-state index is 12.0. The van der Waals surface area contributed by atoms with E-state index in [1.807, 2.05) is 44.2 Å². The summed E-state index contributed by atoms with van der Waals surface area (Å²) in [5.41, 5.74) is 1.02. The number of aromatic nitrogens is 1. The summed E-state index contributed by atoms with van der Waals surface area (Å²) in [5.74, 6) is -0.0814. The first-order valence-electron chi connectivity index (χ1n) is 5.88. The number of nitrogens with zero attached hydrogens (tertiary/aromatic N) is 1. The molecule has 2 aromatic rings. The molecule has 1 amide bonds. The number of likely N-dealkylation sites (N-methyl/N-ethyl adjacent to an activating group) is 1. The van der Waals surface area contributed by atoms with E-state index in [-0.39, 0.29) is 5.91 Å². The van der Waals surface area contributed by atoms with Gasteiger partial charge in [0.25, 0.3) is 0 Å². The fourth-order valence-corrected chi connectivity index (χ4v) is 1.54. The number of hydrogen-bond donors (Lipinski definition) is 2. The summed E-state index contributed by atoms with van der Waals surface area (Å²) in [5, 5.41) is 6.84. The normalized spacial score (nSPS) is 11.5. The van der Waals surface area contributed by atoms with Crippen molar-refractivity contribution in [1.82, 2.24) is 10.3 Å². The molecule has 1 aromatic heterocycles. The Balaban J connectivity index is 2.25. The number of pyridine rings is 1. The van der Waals surface area contributed by atoms with Crippen LogP contribution in [0.4, 0.5) is 5.69 Å². The summed E-state index contributed by atoms with van der Waals surface area (Å²) in [6.45, 7) is 3.66. The Morgan fingerprint density at radius 2 is 2.00 bits per heavy atom. The molecule has 0 saturated carbocycles. The van der Waals surface area contributed by atoms with E-state index in [9.17, 15) is 4.79 Å². The number of benzene rings is 1. The highest BCUT2D eigenvalue weighted by Crippen LogP contribution is 2.17. The van der Waals surface area contributed by atoms with Gasteiger partial charge in [0, 0.05) is 5.39 Å². The molecule has 0 unspecified atom stereocenters. The number of hydrogen-bond acceptors (Lipinski definition) is 3. The number of carbonyl (C=O) groups is 1. The van der Waals surface area contributed by atoms with Crippen molar-refractivity contribution in [2.45, 2.75) is 19.4 Å². The SMILES string of the molecule is CNC(C)(C)C(=O)Nc1cnc2ccccc2c1. The van der Waals surface area contributed by atoms with Gasteiger partial charge in [-0.25, -0.2) is 0 Å². The zero-order valence-electron chi connectivity index (χ0n) is 10.8. The number of para-hydroxylation sites is 1. The summed E-state index contributed by atoms with van der Waals surface area (Å²) in [7, 11) is 1.76. The lowest BCUT2D eigenvalue weighted by molar-refractivity contribution is -0.121. The monoisotopic (exact) mass is 243 g/mol. The third-order valence-corrected chi connectivity index (χ3v) is 3.04. The van der Waals surface area contributed by atoms with Gasteiger partial charge in [0.2, 0.25) is 5.91 Å². The number of carbonyl (C=O) groups excluding carboxylic acids is 1. The van der Waals surface area contributed by atoms with Gasteiger partial charge in [-0.3, -0.25) is 9.78 Å². The Morgan fingerprint density at radius 1 is 1.28 bits per heavy atom. The Kier molecular flexibility index (Phi) is 3.30. The van der Waals surface area contributed by atoms with E-state index in [4.69, 9.17) is 0 Å². The molecule has 4 heteroatoms. The number of fused-ring (bicyclic) bond motifs is 1. The Bertz CT molecular complexity index is 578. The minimum Gasteiger partial charge on any atom is -0.323 e. The number of rotatable bonds is 3. The van der Waals surface area contributed by atoms with E-state index in [1.54, 1.807) is 13.2 Å². The van der Waals surface area contributed by atoms with Crippen LogP contribution >= 0.6 is 0 Å². The molecule has 94 valence electrons. The molecule has 0 spiro atoms. The summed E-state index contributed by atoms with van der Waals surface area (Å²) >= 11 is 0. The molecule has 1 aromatic carbocycles. The molecular weight excluding hydrogens is 226 g/mol. The van der Waals surface area contributed by atoms with Gasteiger partial charge in [0.1, 0.15) is 0 Å². The van der Waals surface area contributed by atoms with E-state index in [1.165, 1.54) is 0 Å². The predicted molar refractivity (Wildman–Crippen MR) is 73.5 cm³/mol. The highest BCUT2D eigenvalue weighted by Gasteiger charge is 2.25. The summed E-state index contributed by atoms with van der Waals surface area (Å²) in [4.78, 5) is 16.3. The van der Waals surface area contributed by atoms with Crippen LogP contribution in [0.25, 0.3) is 10.9 Å². The lowest BCUT2D eigenvalue weighted by atomic mass is 10.1. The molecule has 0 atom stereocenters. The van der Waals surface area contributed by atoms with Crippen LogP contribution < -0.4 is 10.6 Å². The highest BCUT2D eigenvalue weighted by molar-refractivity contribution is 5.98. The van der Waals surface area contributed by atoms with Crippen LogP contribution in [0.15, 0.2) is 36.5 Å². The molecular formula is C14H17N3O. The summed E-state index contributed by atoms with van der Waals surface area (Å²) in [6.07, 6.45) is 1.67. The van der Waals surface area contributed by atoms with E-state index >= 15 is 0 Å². The Labute approximate surface area is 106 Å². The average Bonchev–Trinajstić information content (AvgIpc) is 2.38. The second-order valence-electron chi connectivity index (χ2n) is 4.75. The minimum atomic E-state index is -0.606. The third-order valence-electron chi connectivity index (χ3n) is 3.04. The van der Waals surface area contributed by atoms with Crippen molar-refractivity contribution in [1.29, 1.82) is 0 Å². The van der Waals surface area contributed by atoms with Gasteiger partial charge in [0.05, 0.1) is 22.9 Å². The lowest BCUT2D eigenvalue weighted by Gasteiger charge is -2.22. The van der Waals surface area contributed by atoms with E-state index < -0.39 is 5.54 Å². The van der Waals surface area contributed by atoms with Gasteiger partial charge in [0.15, 0.2) is 0 Å².